The molecule has 0 spiro atoms. The Labute approximate surface area is 169 Å². The summed E-state index contributed by atoms with van der Waals surface area (Å²) in [5, 5.41) is 0. The second kappa shape index (κ2) is 7.61. The standard InChI is InChI=1S/C22H25FN4O2/c23-16-6-8-17(9-7-16)29-20-18-14-27(21(28)15-4-3-5-15)13-10-19(18)24-22(25-20)26-11-1-2-12-26/h6-9,15H,1-5,10-14H2. The number of carbonyl (C=O) groups is 1. The molecule has 3 heterocycles. The van der Waals surface area contributed by atoms with Gasteiger partial charge in [0.15, 0.2) is 0 Å². The molecule has 7 heteroatoms. The first kappa shape index (κ1) is 18.3. The highest BCUT2D eigenvalue weighted by Gasteiger charge is 2.33. The minimum atomic E-state index is -0.308. The van der Waals surface area contributed by atoms with Crippen molar-refractivity contribution in [3.05, 3.63) is 41.3 Å². The Hall–Kier alpha value is -2.70. The molecule has 0 bridgehead atoms. The van der Waals surface area contributed by atoms with E-state index in [1.165, 1.54) is 12.1 Å². The molecule has 0 unspecified atom stereocenters. The van der Waals surface area contributed by atoms with E-state index in [9.17, 15) is 9.18 Å². The summed E-state index contributed by atoms with van der Waals surface area (Å²) in [7, 11) is 0. The Bertz CT molecular complexity index is 908. The first-order chi connectivity index (χ1) is 14.2. The number of carbonyl (C=O) groups excluding carboxylic acids is 1. The van der Waals surface area contributed by atoms with Crippen LogP contribution in [0.3, 0.4) is 0 Å². The fourth-order valence-corrected chi connectivity index (χ4v) is 4.23. The number of aromatic nitrogens is 2. The molecule has 1 aromatic carbocycles. The highest BCUT2D eigenvalue weighted by molar-refractivity contribution is 5.80. The Kier molecular flexibility index (Phi) is 4.81. The number of hydrogen-bond donors (Lipinski definition) is 0. The Morgan fingerprint density at radius 2 is 1.79 bits per heavy atom. The maximum absolute atomic E-state index is 13.3. The molecule has 2 fully saturated rings. The second-order valence-corrected chi connectivity index (χ2v) is 8.14. The van der Waals surface area contributed by atoms with Crippen molar-refractivity contribution in [3.63, 3.8) is 0 Å². The predicted octanol–water partition coefficient (Wildman–Crippen LogP) is 3.69. The Morgan fingerprint density at radius 3 is 2.48 bits per heavy atom. The lowest BCUT2D eigenvalue weighted by Crippen LogP contribution is -2.42. The summed E-state index contributed by atoms with van der Waals surface area (Å²) in [5.41, 5.74) is 1.83. The number of benzene rings is 1. The normalized spacial score (nSPS) is 19.1. The lowest BCUT2D eigenvalue weighted by Gasteiger charge is -2.35. The minimum Gasteiger partial charge on any atom is -0.438 e. The van der Waals surface area contributed by atoms with Crippen molar-refractivity contribution in [2.75, 3.05) is 24.5 Å². The number of hydrogen-bond acceptors (Lipinski definition) is 5. The van der Waals surface area contributed by atoms with Gasteiger partial charge in [0.25, 0.3) is 0 Å². The third-order valence-electron chi connectivity index (χ3n) is 6.19. The van der Waals surface area contributed by atoms with Crippen molar-refractivity contribution < 1.29 is 13.9 Å². The van der Waals surface area contributed by atoms with Gasteiger partial charge in [-0.15, -0.1) is 0 Å². The van der Waals surface area contributed by atoms with Crippen LogP contribution in [0.2, 0.25) is 0 Å². The van der Waals surface area contributed by atoms with Crippen LogP contribution in [0.4, 0.5) is 10.3 Å². The molecule has 2 aromatic rings. The molecule has 1 saturated heterocycles. The van der Waals surface area contributed by atoms with Gasteiger partial charge in [0.05, 0.1) is 17.8 Å². The highest BCUT2D eigenvalue weighted by atomic mass is 19.1. The number of ether oxygens (including phenoxy) is 1. The fraction of sp³-hybridized carbons (Fsp3) is 0.500. The molecule has 1 aliphatic carbocycles. The number of fused-ring (bicyclic) bond motifs is 1. The van der Waals surface area contributed by atoms with Crippen LogP contribution in [-0.4, -0.2) is 40.4 Å². The van der Waals surface area contributed by atoms with Crippen LogP contribution >= 0.6 is 0 Å². The summed E-state index contributed by atoms with van der Waals surface area (Å²) in [6.07, 6.45) is 6.10. The van der Waals surface area contributed by atoms with Gasteiger partial charge in [-0.05, 0) is 49.9 Å². The molecular weight excluding hydrogens is 371 g/mol. The van der Waals surface area contributed by atoms with Gasteiger partial charge in [0.2, 0.25) is 17.7 Å². The molecule has 3 aliphatic rings. The van der Waals surface area contributed by atoms with Crippen molar-refractivity contribution in [2.24, 2.45) is 5.92 Å². The van der Waals surface area contributed by atoms with Gasteiger partial charge in [0, 0.05) is 32.0 Å². The number of anilines is 1. The topological polar surface area (TPSA) is 58.6 Å². The second-order valence-electron chi connectivity index (χ2n) is 8.14. The highest BCUT2D eigenvalue weighted by Crippen LogP contribution is 2.34. The van der Waals surface area contributed by atoms with Gasteiger partial charge in [-0.1, -0.05) is 6.42 Å². The van der Waals surface area contributed by atoms with Gasteiger partial charge < -0.3 is 14.5 Å². The lowest BCUT2D eigenvalue weighted by molar-refractivity contribution is -0.139. The molecule has 1 saturated carbocycles. The lowest BCUT2D eigenvalue weighted by atomic mass is 9.84. The molecule has 1 amide bonds. The van der Waals surface area contributed by atoms with Crippen LogP contribution in [0.25, 0.3) is 0 Å². The van der Waals surface area contributed by atoms with Crippen LogP contribution < -0.4 is 9.64 Å². The monoisotopic (exact) mass is 396 g/mol. The molecule has 6 nitrogen and oxygen atoms in total. The van der Waals surface area contributed by atoms with Crippen molar-refractivity contribution >= 4 is 11.9 Å². The first-order valence-electron chi connectivity index (χ1n) is 10.5. The molecule has 0 N–H and O–H groups in total. The quantitative estimate of drug-likeness (QED) is 0.789. The van der Waals surface area contributed by atoms with E-state index in [1.54, 1.807) is 12.1 Å². The average Bonchev–Trinajstić information content (AvgIpc) is 3.23. The summed E-state index contributed by atoms with van der Waals surface area (Å²) >= 11 is 0. The molecule has 152 valence electrons. The summed E-state index contributed by atoms with van der Waals surface area (Å²) in [5.74, 6) is 1.80. The van der Waals surface area contributed by atoms with E-state index in [2.05, 4.69) is 4.90 Å². The molecule has 5 rings (SSSR count). The van der Waals surface area contributed by atoms with Gasteiger partial charge in [-0.2, -0.15) is 4.98 Å². The minimum absolute atomic E-state index is 0.169. The van der Waals surface area contributed by atoms with E-state index in [-0.39, 0.29) is 17.6 Å². The zero-order valence-electron chi connectivity index (χ0n) is 16.4. The maximum Gasteiger partial charge on any atom is 0.229 e. The molecule has 29 heavy (non-hydrogen) atoms. The maximum atomic E-state index is 13.3. The SMILES string of the molecule is O=C(C1CCC1)N1CCc2nc(N3CCCC3)nc(Oc3ccc(F)cc3)c2C1. The summed E-state index contributed by atoms with van der Waals surface area (Å²) < 4.78 is 19.4. The number of halogens is 1. The van der Waals surface area contributed by atoms with E-state index in [1.807, 2.05) is 4.90 Å². The van der Waals surface area contributed by atoms with E-state index < -0.39 is 0 Å². The van der Waals surface area contributed by atoms with Gasteiger partial charge in [0.1, 0.15) is 11.6 Å². The fourth-order valence-electron chi connectivity index (χ4n) is 4.23. The molecule has 0 radical (unpaired) electrons. The van der Waals surface area contributed by atoms with E-state index in [0.717, 1.165) is 56.5 Å². The van der Waals surface area contributed by atoms with Crippen LogP contribution in [0.5, 0.6) is 11.6 Å². The molecular formula is C22H25FN4O2. The molecule has 0 atom stereocenters. The van der Waals surface area contributed by atoms with Crippen molar-refractivity contribution in [1.29, 1.82) is 0 Å². The van der Waals surface area contributed by atoms with Crippen molar-refractivity contribution in [3.8, 4) is 11.6 Å². The van der Waals surface area contributed by atoms with Gasteiger partial charge in [-0.3, -0.25) is 4.79 Å². The zero-order valence-corrected chi connectivity index (χ0v) is 16.4. The predicted molar refractivity (Wildman–Crippen MR) is 106 cm³/mol. The summed E-state index contributed by atoms with van der Waals surface area (Å²) in [6.45, 7) is 3.05. The van der Waals surface area contributed by atoms with Gasteiger partial charge >= 0.3 is 0 Å². The summed E-state index contributed by atoms with van der Waals surface area (Å²) in [4.78, 5) is 26.4. The van der Waals surface area contributed by atoms with Crippen LogP contribution in [-0.2, 0) is 17.8 Å². The van der Waals surface area contributed by atoms with E-state index in [0.29, 0.717) is 37.1 Å². The van der Waals surface area contributed by atoms with Crippen LogP contribution in [0, 0.1) is 11.7 Å². The van der Waals surface area contributed by atoms with Crippen LogP contribution in [0.15, 0.2) is 24.3 Å². The molecule has 2 aliphatic heterocycles. The number of nitrogens with zero attached hydrogens (tertiary/aromatic N) is 4. The van der Waals surface area contributed by atoms with E-state index >= 15 is 0 Å². The van der Waals surface area contributed by atoms with Crippen LogP contribution in [0.1, 0.15) is 43.4 Å². The van der Waals surface area contributed by atoms with Crippen molar-refractivity contribution in [1.82, 2.24) is 14.9 Å². The first-order valence-corrected chi connectivity index (χ1v) is 10.5. The number of amides is 1. The smallest absolute Gasteiger partial charge is 0.229 e. The summed E-state index contributed by atoms with van der Waals surface area (Å²) in [6, 6.07) is 5.94. The molecule has 1 aromatic heterocycles. The average molecular weight is 396 g/mol. The largest absolute Gasteiger partial charge is 0.438 e. The number of rotatable bonds is 4. The Balaban J connectivity index is 1.47. The third-order valence-corrected chi connectivity index (χ3v) is 6.19. The van der Waals surface area contributed by atoms with E-state index in [4.69, 9.17) is 14.7 Å². The zero-order chi connectivity index (χ0) is 19.8. The van der Waals surface area contributed by atoms with Gasteiger partial charge in [-0.25, -0.2) is 9.37 Å². The van der Waals surface area contributed by atoms with Crippen molar-refractivity contribution in [2.45, 2.75) is 45.1 Å². The Morgan fingerprint density at radius 1 is 1.03 bits per heavy atom. The third kappa shape index (κ3) is 3.66.